The molecule has 0 bridgehead atoms. The normalized spacial score (nSPS) is 16.7. The van der Waals surface area contributed by atoms with E-state index in [2.05, 4.69) is 21.1 Å². The maximum atomic E-state index is 5.81. The third-order valence-electron chi connectivity index (χ3n) is 5.79. The van der Waals surface area contributed by atoms with E-state index in [9.17, 15) is 0 Å². The summed E-state index contributed by atoms with van der Waals surface area (Å²) < 4.78 is 24.3. The minimum Gasteiger partial charge on any atom is -0.501 e. The lowest BCUT2D eigenvalue weighted by molar-refractivity contribution is -0.113. The Hall–Kier alpha value is -3.43. The van der Waals surface area contributed by atoms with Crippen molar-refractivity contribution in [2.24, 2.45) is 7.05 Å². The van der Waals surface area contributed by atoms with Gasteiger partial charge in [-0.2, -0.15) is 5.10 Å². The van der Waals surface area contributed by atoms with Gasteiger partial charge in [0.1, 0.15) is 11.5 Å². The highest BCUT2D eigenvalue weighted by molar-refractivity contribution is 5.81. The predicted octanol–water partition coefficient (Wildman–Crippen LogP) is 3.68. The van der Waals surface area contributed by atoms with Crippen molar-refractivity contribution < 1.29 is 18.9 Å². The van der Waals surface area contributed by atoms with Crippen LogP contribution in [0.5, 0.6) is 0 Å². The second kappa shape index (κ2) is 10.7. The summed E-state index contributed by atoms with van der Waals surface area (Å²) in [5, 5.41) is 4.25. The molecule has 4 rings (SSSR count). The van der Waals surface area contributed by atoms with E-state index in [1.54, 1.807) is 38.4 Å². The van der Waals surface area contributed by atoms with E-state index in [0.717, 1.165) is 39.5 Å². The molecule has 0 saturated heterocycles. The van der Waals surface area contributed by atoms with E-state index in [4.69, 9.17) is 23.9 Å². The highest BCUT2D eigenvalue weighted by Crippen LogP contribution is 2.30. The molecule has 0 spiro atoms. The van der Waals surface area contributed by atoms with Gasteiger partial charge in [0.2, 0.25) is 0 Å². The number of rotatable bonds is 10. The van der Waals surface area contributed by atoms with Crippen LogP contribution < -0.4 is 4.90 Å². The zero-order chi connectivity index (χ0) is 24.1. The van der Waals surface area contributed by atoms with Crippen molar-refractivity contribution in [2.45, 2.75) is 25.7 Å². The van der Waals surface area contributed by atoms with Gasteiger partial charge in [-0.15, -0.1) is 0 Å². The van der Waals surface area contributed by atoms with Gasteiger partial charge in [-0.05, 0) is 31.2 Å². The second-order valence-electron chi connectivity index (χ2n) is 7.96. The molecular weight excluding hydrogens is 434 g/mol. The van der Waals surface area contributed by atoms with Gasteiger partial charge in [-0.3, -0.25) is 9.67 Å². The fourth-order valence-corrected chi connectivity index (χ4v) is 4.03. The Kier molecular flexibility index (Phi) is 7.44. The topological polar surface area (TPSA) is 83.8 Å². The van der Waals surface area contributed by atoms with Crippen molar-refractivity contribution in [3.63, 3.8) is 0 Å². The molecule has 2 heterocycles. The summed E-state index contributed by atoms with van der Waals surface area (Å²) in [5.74, 6) is 1.60. The fourth-order valence-electron chi connectivity index (χ4n) is 4.03. The maximum absolute atomic E-state index is 5.81. The number of benzene rings is 1. The smallest absolute Gasteiger partial charge is 0.174 e. The Morgan fingerprint density at radius 2 is 2.00 bits per heavy atom. The molecule has 1 aromatic carbocycles. The van der Waals surface area contributed by atoms with E-state index < -0.39 is 6.29 Å². The third-order valence-corrected chi connectivity index (χ3v) is 5.79. The third kappa shape index (κ3) is 5.21. The molecule has 3 aromatic rings. The molecule has 9 nitrogen and oxygen atoms in total. The van der Waals surface area contributed by atoms with Crippen LogP contribution in [0.25, 0.3) is 22.3 Å². The Balaban J connectivity index is 1.74. The summed E-state index contributed by atoms with van der Waals surface area (Å²) in [6.07, 6.45) is 9.78. The summed E-state index contributed by atoms with van der Waals surface area (Å²) in [7, 11) is 6.87. The van der Waals surface area contributed by atoms with E-state index in [-0.39, 0.29) is 6.04 Å². The number of nitrogens with zero attached hydrogens (tertiary/aromatic N) is 5. The number of hydrogen-bond donors (Lipinski definition) is 0. The summed E-state index contributed by atoms with van der Waals surface area (Å²) in [6.45, 7) is 3.02. The van der Waals surface area contributed by atoms with Crippen LogP contribution in [0.15, 0.2) is 60.5 Å². The Morgan fingerprint density at radius 1 is 1.15 bits per heavy atom. The van der Waals surface area contributed by atoms with Crippen LogP contribution in [0.1, 0.15) is 13.3 Å². The number of anilines is 1. The predicted molar refractivity (Wildman–Crippen MR) is 130 cm³/mol. The van der Waals surface area contributed by atoms with Crippen molar-refractivity contribution >= 4 is 16.7 Å². The zero-order valence-corrected chi connectivity index (χ0v) is 20.3. The van der Waals surface area contributed by atoms with Crippen LogP contribution in [0.3, 0.4) is 0 Å². The summed E-state index contributed by atoms with van der Waals surface area (Å²) in [6, 6.07) is 6.05. The van der Waals surface area contributed by atoms with Crippen molar-refractivity contribution in [1.82, 2.24) is 19.7 Å². The van der Waals surface area contributed by atoms with Crippen LogP contribution >= 0.6 is 0 Å². The molecule has 2 unspecified atom stereocenters. The van der Waals surface area contributed by atoms with Crippen LogP contribution in [0.2, 0.25) is 0 Å². The van der Waals surface area contributed by atoms with Crippen molar-refractivity contribution in [3.8, 4) is 11.3 Å². The van der Waals surface area contributed by atoms with Crippen molar-refractivity contribution in [2.75, 3.05) is 39.4 Å². The molecule has 0 amide bonds. The first-order valence-electron chi connectivity index (χ1n) is 11.2. The molecule has 2 atom stereocenters. The van der Waals surface area contributed by atoms with Gasteiger partial charge < -0.3 is 23.8 Å². The van der Waals surface area contributed by atoms with Crippen molar-refractivity contribution in [1.29, 1.82) is 0 Å². The highest BCUT2D eigenvalue weighted by atomic mass is 16.7. The molecule has 2 aromatic heterocycles. The SMILES string of the molecule is CCOC(CN(c1ccc2ncc(-c3cnn(C)c3)nc2c1)C1C=C(OC)C=C(OC)C1)OC. The van der Waals surface area contributed by atoms with Crippen molar-refractivity contribution in [3.05, 3.63) is 60.5 Å². The van der Waals surface area contributed by atoms with Crippen LogP contribution in [0, 0.1) is 0 Å². The first-order valence-corrected chi connectivity index (χ1v) is 11.2. The Bertz CT molecular complexity index is 1190. The number of allylic oxidation sites excluding steroid dienone is 1. The van der Waals surface area contributed by atoms with E-state index in [1.165, 1.54) is 0 Å². The number of methoxy groups -OCH3 is 3. The number of fused-ring (bicyclic) bond motifs is 1. The largest absolute Gasteiger partial charge is 0.501 e. The minimum absolute atomic E-state index is 0.0279. The Labute approximate surface area is 199 Å². The molecule has 1 aliphatic rings. The molecule has 1 aliphatic carbocycles. The molecule has 0 radical (unpaired) electrons. The molecular formula is C25H31N5O4. The average molecular weight is 466 g/mol. The average Bonchev–Trinajstić information content (AvgIpc) is 3.31. The summed E-state index contributed by atoms with van der Waals surface area (Å²) >= 11 is 0. The number of ether oxygens (including phenoxy) is 4. The minimum atomic E-state index is -0.398. The van der Waals surface area contributed by atoms with E-state index in [0.29, 0.717) is 19.6 Å². The van der Waals surface area contributed by atoms with Gasteiger partial charge in [-0.1, -0.05) is 0 Å². The van der Waals surface area contributed by atoms with E-state index in [1.807, 2.05) is 44.4 Å². The molecule has 0 fully saturated rings. The number of hydrogen-bond acceptors (Lipinski definition) is 8. The quantitative estimate of drug-likeness (QED) is 0.420. The van der Waals surface area contributed by atoms with Gasteiger partial charge in [0.15, 0.2) is 6.29 Å². The monoisotopic (exact) mass is 465 g/mol. The molecule has 0 saturated carbocycles. The molecule has 180 valence electrons. The van der Waals surface area contributed by atoms with Gasteiger partial charge in [0.25, 0.3) is 0 Å². The first-order chi connectivity index (χ1) is 16.5. The van der Waals surface area contributed by atoms with Gasteiger partial charge in [-0.25, -0.2) is 4.98 Å². The van der Waals surface area contributed by atoms with Crippen LogP contribution in [-0.2, 0) is 26.0 Å². The summed E-state index contributed by atoms with van der Waals surface area (Å²) in [4.78, 5) is 11.7. The van der Waals surface area contributed by atoms with Gasteiger partial charge in [0.05, 0.1) is 55.9 Å². The van der Waals surface area contributed by atoms with Gasteiger partial charge >= 0.3 is 0 Å². The van der Waals surface area contributed by atoms with Crippen LogP contribution in [-0.4, -0.2) is 66.6 Å². The zero-order valence-electron chi connectivity index (χ0n) is 20.3. The Morgan fingerprint density at radius 3 is 2.68 bits per heavy atom. The van der Waals surface area contributed by atoms with Crippen LogP contribution in [0.4, 0.5) is 5.69 Å². The lowest BCUT2D eigenvalue weighted by atomic mass is 10.0. The molecule has 34 heavy (non-hydrogen) atoms. The standard InChI is InChI=1S/C25H31N5O4/c1-6-34-25(33-5)16-30(19-9-20(31-3)12-21(10-19)32-4)18-7-8-22-23(11-18)28-24(14-26-22)17-13-27-29(2)15-17/h7-9,11-15,19,25H,6,10,16H2,1-5H3. The molecule has 9 heteroatoms. The number of aromatic nitrogens is 4. The number of aryl methyl sites for hydroxylation is 1. The molecule has 0 N–H and O–H groups in total. The molecule has 0 aliphatic heterocycles. The summed E-state index contributed by atoms with van der Waals surface area (Å²) in [5.41, 5.74) is 4.28. The maximum Gasteiger partial charge on any atom is 0.174 e. The first kappa shape index (κ1) is 23.7. The lowest BCUT2D eigenvalue weighted by Gasteiger charge is -2.36. The highest BCUT2D eigenvalue weighted by Gasteiger charge is 2.26. The van der Waals surface area contributed by atoms with Gasteiger partial charge in [0, 0.05) is 50.7 Å². The van der Waals surface area contributed by atoms with E-state index >= 15 is 0 Å². The second-order valence-corrected chi connectivity index (χ2v) is 7.96. The lowest BCUT2D eigenvalue weighted by Crippen LogP contribution is -2.42. The fraction of sp³-hybridized carbons (Fsp3) is 0.400.